The topological polar surface area (TPSA) is 123 Å². The van der Waals surface area contributed by atoms with Crippen LogP contribution in [-0.4, -0.2) is 94.0 Å². The van der Waals surface area contributed by atoms with Crippen molar-refractivity contribution in [3.63, 3.8) is 0 Å². The number of ketones is 2. The summed E-state index contributed by atoms with van der Waals surface area (Å²) in [6.45, 7) is 8.35. The molecule has 4 bridgehead atoms. The van der Waals surface area contributed by atoms with Crippen LogP contribution in [0.2, 0.25) is 0 Å². The number of aryl methyl sites for hydroxylation is 2. The van der Waals surface area contributed by atoms with Gasteiger partial charge < -0.3 is 24.2 Å². The van der Waals surface area contributed by atoms with Gasteiger partial charge in [-0.3, -0.25) is 24.1 Å². The van der Waals surface area contributed by atoms with Gasteiger partial charge in [-0.1, -0.05) is 24.3 Å². The third-order valence-corrected chi connectivity index (χ3v) is 13.1. The Balaban J connectivity index is 0.000000133. The Morgan fingerprint density at radius 2 is 1.37 bits per heavy atom. The number of carbonyl (C=O) groups is 4. The molecule has 2 fully saturated rings. The zero-order chi connectivity index (χ0) is 34.4. The zero-order valence-corrected chi connectivity index (χ0v) is 28.4. The molecule has 10 rings (SSSR count). The molecule has 4 aliphatic heterocycles. The number of hydrogen-bond acceptors (Lipinski definition) is 9. The van der Waals surface area contributed by atoms with Crippen LogP contribution in [0.4, 0.5) is 0 Å². The highest BCUT2D eigenvalue weighted by Gasteiger charge is 2.74. The number of nitrogens with zero attached hydrogens (tertiary/aromatic N) is 2. The number of amides is 1. The molecule has 8 aliphatic rings. The van der Waals surface area contributed by atoms with Crippen molar-refractivity contribution in [2.75, 3.05) is 20.1 Å². The first-order chi connectivity index (χ1) is 23.3. The van der Waals surface area contributed by atoms with Gasteiger partial charge in [-0.15, -0.1) is 0 Å². The largest absolute Gasteiger partial charge is 0.481 e. The molecular weight excluding hydrogens is 624 g/mol. The van der Waals surface area contributed by atoms with Gasteiger partial charge in [0, 0.05) is 31.5 Å². The minimum atomic E-state index is -1.26. The Bertz CT molecular complexity index is 1980. The molecule has 2 spiro atoms. The SMILES string of the molecule is CC(=O)N1CC[C@]23c4c5ccc(C)c4O[C@H]2C(=O)C=C[C@@]3(O)[C@H]1C5.CC(=O)O[C@@]12C=CC(=O)[C@@H]3Oc4c(C)ccc5c4[C@@]31CCN(C)[C@@H]2C5. The highest BCUT2D eigenvalue weighted by Crippen LogP contribution is 2.64. The average molecular weight is 665 g/mol. The molecule has 0 aromatic heterocycles. The normalized spacial score (nSPS) is 37.7. The average Bonchev–Trinajstić information content (AvgIpc) is 3.60. The first-order valence-corrected chi connectivity index (χ1v) is 17.3. The Hall–Kier alpha value is -4.28. The van der Waals surface area contributed by atoms with Crippen LogP contribution < -0.4 is 9.47 Å². The van der Waals surface area contributed by atoms with E-state index in [2.05, 4.69) is 30.1 Å². The monoisotopic (exact) mass is 664 g/mol. The van der Waals surface area contributed by atoms with Crippen molar-refractivity contribution in [2.24, 2.45) is 0 Å². The minimum absolute atomic E-state index is 0.00163. The van der Waals surface area contributed by atoms with E-state index >= 15 is 0 Å². The maximum atomic E-state index is 12.8. The van der Waals surface area contributed by atoms with Crippen LogP contribution in [0.3, 0.4) is 0 Å². The van der Waals surface area contributed by atoms with E-state index in [0.717, 1.165) is 58.7 Å². The first kappa shape index (κ1) is 30.8. The van der Waals surface area contributed by atoms with Crippen molar-refractivity contribution in [1.82, 2.24) is 9.80 Å². The minimum Gasteiger partial charge on any atom is -0.481 e. The maximum Gasteiger partial charge on any atom is 0.303 e. The predicted octanol–water partition coefficient (Wildman–Crippen LogP) is 2.74. The van der Waals surface area contributed by atoms with Gasteiger partial charge in [0.2, 0.25) is 5.91 Å². The number of likely N-dealkylation sites (N-methyl/N-ethyl adjacent to an activating group) is 1. The molecule has 10 heteroatoms. The smallest absolute Gasteiger partial charge is 0.303 e. The molecule has 0 radical (unpaired) electrons. The number of benzene rings is 2. The summed E-state index contributed by atoms with van der Waals surface area (Å²) in [4.78, 5) is 53.6. The van der Waals surface area contributed by atoms with E-state index in [4.69, 9.17) is 14.2 Å². The van der Waals surface area contributed by atoms with Crippen molar-refractivity contribution in [3.8, 4) is 11.5 Å². The van der Waals surface area contributed by atoms with E-state index in [1.807, 2.05) is 26.0 Å². The molecule has 2 saturated heterocycles. The van der Waals surface area contributed by atoms with Gasteiger partial charge in [0.15, 0.2) is 29.4 Å². The zero-order valence-electron chi connectivity index (χ0n) is 28.4. The van der Waals surface area contributed by atoms with Crippen molar-refractivity contribution in [2.45, 2.75) is 99.7 Å². The molecule has 2 aromatic carbocycles. The lowest BCUT2D eigenvalue weighted by Gasteiger charge is -2.61. The molecule has 8 atom stereocenters. The molecule has 10 nitrogen and oxygen atoms in total. The molecule has 0 saturated carbocycles. The second kappa shape index (κ2) is 9.69. The van der Waals surface area contributed by atoms with E-state index in [9.17, 15) is 24.3 Å². The molecule has 4 aliphatic carbocycles. The van der Waals surface area contributed by atoms with Gasteiger partial charge in [0.25, 0.3) is 0 Å². The molecule has 2 aromatic rings. The fraction of sp³-hybridized carbons (Fsp3) is 0.487. The van der Waals surface area contributed by atoms with Crippen LogP contribution in [0.15, 0.2) is 48.6 Å². The lowest BCUT2D eigenvalue weighted by Crippen LogP contribution is -2.75. The summed E-state index contributed by atoms with van der Waals surface area (Å²) in [6, 6.07) is 7.91. The highest BCUT2D eigenvalue weighted by molar-refractivity contribution is 6.00. The Morgan fingerprint density at radius 1 is 0.816 bits per heavy atom. The van der Waals surface area contributed by atoms with Crippen LogP contribution in [0.1, 0.15) is 60.1 Å². The van der Waals surface area contributed by atoms with Gasteiger partial charge in [0.1, 0.15) is 17.1 Å². The quantitative estimate of drug-likeness (QED) is 0.459. The fourth-order valence-corrected chi connectivity index (χ4v) is 11.1. The van der Waals surface area contributed by atoms with Crippen LogP contribution >= 0.6 is 0 Å². The van der Waals surface area contributed by atoms with Crippen LogP contribution in [-0.2, 0) is 47.6 Å². The first-order valence-electron chi connectivity index (χ1n) is 17.3. The van der Waals surface area contributed by atoms with E-state index in [1.54, 1.807) is 17.1 Å². The summed E-state index contributed by atoms with van der Waals surface area (Å²) in [7, 11) is 2.07. The Kier molecular flexibility index (Phi) is 6.08. The number of esters is 1. The number of piperidine rings is 2. The summed E-state index contributed by atoms with van der Waals surface area (Å²) >= 11 is 0. The summed E-state index contributed by atoms with van der Waals surface area (Å²) < 4.78 is 18.4. The van der Waals surface area contributed by atoms with Gasteiger partial charge in [0.05, 0.1) is 22.9 Å². The van der Waals surface area contributed by atoms with E-state index in [0.29, 0.717) is 19.4 Å². The molecule has 1 N–H and O–H groups in total. The number of likely N-dealkylation sites (tertiary alicyclic amines) is 2. The number of aliphatic hydroxyl groups is 1. The van der Waals surface area contributed by atoms with Gasteiger partial charge in [-0.2, -0.15) is 0 Å². The van der Waals surface area contributed by atoms with Crippen LogP contribution in [0, 0.1) is 13.8 Å². The molecule has 4 heterocycles. The van der Waals surface area contributed by atoms with E-state index < -0.39 is 34.2 Å². The number of hydrogen-bond donors (Lipinski definition) is 1. The molecule has 1 amide bonds. The van der Waals surface area contributed by atoms with Gasteiger partial charge >= 0.3 is 5.97 Å². The van der Waals surface area contributed by atoms with Crippen molar-refractivity contribution < 1.29 is 38.5 Å². The molecule has 0 unspecified atom stereocenters. The van der Waals surface area contributed by atoms with E-state index in [1.165, 1.54) is 25.5 Å². The summed E-state index contributed by atoms with van der Waals surface area (Å²) in [5, 5.41) is 11.7. The lowest BCUT2D eigenvalue weighted by molar-refractivity contribution is -0.188. The number of carbonyl (C=O) groups excluding carboxylic acids is 4. The molecule has 254 valence electrons. The van der Waals surface area contributed by atoms with Gasteiger partial charge in [-0.05, 0) is 99.7 Å². The second-order valence-electron chi connectivity index (χ2n) is 15.2. The maximum absolute atomic E-state index is 12.8. The van der Waals surface area contributed by atoms with Gasteiger partial charge in [-0.25, -0.2) is 0 Å². The number of rotatable bonds is 1. The summed E-state index contributed by atoms with van der Waals surface area (Å²) in [6.07, 6.45) is 7.78. The standard InChI is InChI=1S/C20H21NO4.C19H19NO4/c1-11-4-5-13-10-15-20(25-12(2)22)7-6-14(23)18-19(20,8-9-21(15)3)16(13)17(11)24-18;1-10-3-4-12-9-14-19(23)6-5-13(22)17-18(19,15(12)16(10)24-17)7-8-20(14)11(2)21/h4-7,15,18H,8-10H2,1-3H3;3-6,14,17,23H,7-9H2,1-2H3/t15-,18+,19+,20-;14-,17+,18+,19-/m11/s1. The van der Waals surface area contributed by atoms with Crippen molar-refractivity contribution in [1.29, 1.82) is 0 Å². The van der Waals surface area contributed by atoms with Crippen molar-refractivity contribution in [3.05, 3.63) is 82.0 Å². The molecular formula is C39H40N2O8. The Morgan fingerprint density at radius 3 is 1.98 bits per heavy atom. The van der Waals surface area contributed by atoms with Crippen LogP contribution in [0.5, 0.6) is 11.5 Å². The second-order valence-corrected chi connectivity index (χ2v) is 15.2. The Labute approximate surface area is 284 Å². The third kappa shape index (κ3) is 3.44. The molecule has 49 heavy (non-hydrogen) atoms. The van der Waals surface area contributed by atoms with Crippen LogP contribution in [0.25, 0.3) is 0 Å². The summed E-state index contributed by atoms with van der Waals surface area (Å²) in [5.41, 5.74) is 2.91. The highest BCUT2D eigenvalue weighted by atomic mass is 16.6. The van der Waals surface area contributed by atoms with E-state index in [-0.39, 0.29) is 35.5 Å². The predicted molar refractivity (Wildman–Crippen MR) is 177 cm³/mol. The third-order valence-electron chi connectivity index (χ3n) is 13.1. The fourth-order valence-electron chi connectivity index (χ4n) is 11.1. The lowest BCUT2D eigenvalue weighted by atomic mass is 9.50. The number of ether oxygens (including phenoxy) is 3. The summed E-state index contributed by atoms with van der Waals surface area (Å²) in [5.74, 6) is 1.08. The van der Waals surface area contributed by atoms with Crippen molar-refractivity contribution >= 4 is 23.4 Å².